The Morgan fingerprint density at radius 1 is 1.00 bits per heavy atom. The number of nitrogens with one attached hydrogen (secondary N) is 1. The van der Waals surface area contributed by atoms with E-state index in [1.807, 2.05) is 31.2 Å². The summed E-state index contributed by atoms with van der Waals surface area (Å²) in [6.07, 6.45) is 0.411. The van der Waals surface area contributed by atoms with Gasteiger partial charge in [0.25, 0.3) is 5.56 Å². The van der Waals surface area contributed by atoms with E-state index in [-0.39, 0.29) is 17.0 Å². The van der Waals surface area contributed by atoms with Crippen molar-refractivity contribution in [2.24, 2.45) is 0 Å². The quantitative estimate of drug-likeness (QED) is 0.565. The lowest BCUT2D eigenvalue weighted by molar-refractivity contribution is 0.171. The van der Waals surface area contributed by atoms with Crippen molar-refractivity contribution >= 4 is 10.0 Å². The van der Waals surface area contributed by atoms with Gasteiger partial charge in [-0.3, -0.25) is 4.79 Å². The average molecular weight is 442 g/mol. The SMILES string of the molecule is Cc1ccc(-c2ccc(=O)n(CCCNS(=O)(=O)c3ccc4c(c3)OCCO4)n2)cc1. The molecule has 0 saturated heterocycles. The standard InChI is InChI=1S/C22H23N3O5S/c1-16-3-5-17(6-4-16)19-8-10-22(26)25(24-19)12-2-11-23-31(27,28)18-7-9-20-21(15-18)30-14-13-29-20/h3-10,15,23H,2,11-14H2,1H3. The maximum atomic E-state index is 12.6. The molecule has 3 aromatic rings. The van der Waals surface area contributed by atoms with Crippen LogP contribution in [0.5, 0.6) is 11.5 Å². The molecule has 0 aliphatic carbocycles. The van der Waals surface area contributed by atoms with Gasteiger partial charge in [0, 0.05) is 30.8 Å². The number of ether oxygens (including phenoxy) is 2. The number of hydrogen-bond acceptors (Lipinski definition) is 6. The Hall–Kier alpha value is -3.17. The van der Waals surface area contributed by atoms with Crippen molar-refractivity contribution in [3.05, 3.63) is 70.5 Å². The lowest BCUT2D eigenvalue weighted by Gasteiger charge is -2.18. The first kappa shape index (κ1) is 21.1. The van der Waals surface area contributed by atoms with Gasteiger partial charge in [0.1, 0.15) is 13.2 Å². The zero-order chi connectivity index (χ0) is 21.8. The maximum Gasteiger partial charge on any atom is 0.266 e. The largest absolute Gasteiger partial charge is 0.486 e. The summed E-state index contributed by atoms with van der Waals surface area (Å²) in [5, 5.41) is 4.41. The molecule has 1 aliphatic heterocycles. The van der Waals surface area contributed by atoms with E-state index < -0.39 is 10.0 Å². The molecule has 0 spiro atoms. The Labute approximate surface area is 180 Å². The summed E-state index contributed by atoms with van der Waals surface area (Å²) in [6.45, 7) is 3.29. The smallest absolute Gasteiger partial charge is 0.266 e. The van der Waals surface area contributed by atoms with E-state index in [9.17, 15) is 13.2 Å². The molecule has 0 bridgehead atoms. The van der Waals surface area contributed by atoms with E-state index in [0.29, 0.717) is 43.4 Å². The maximum absolute atomic E-state index is 12.6. The van der Waals surface area contributed by atoms with Crippen molar-refractivity contribution in [1.29, 1.82) is 0 Å². The number of sulfonamides is 1. The van der Waals surface area contributed by atoms with Crippen LogP contribution in [0.25, 0.3) is 11.3 Å². The number of fused-ring (bicyclic) bond motifs is 1. The zero-order valence-electron chi connectivity index (χ0n) is 17.1. The summed E-state index contributed by atoms with van der Waals surface area (Å²) in [5.41, 5.74) is 2.52. The van der Waals surface area contributed by atoms with Gasteiger partial charge in [-0.05, 0) is 31.5 Å². The second-order valence-corrected chi connectivity index (χ2v) is 8.97. The van der Waals surface area contributed by atoms with Gasteiger partial charge >= 0.3 is 0 Å². The highest BCUT2D eigenvalue weighted by molar-refractivity contribution is 7.89. The Balaban J connectivity index is 1.39. The summed E-state index contributed by atoms with van der Waals surface area (Å²) in [7, 11) is -3.71. The first-order valence-electron chi connectivity index (χ1n) is 9.97. The van der Waals surface area contributed by atoms with E-state index in [2.05, 4.69) is 9.82 Å². The van der Waals surface area contributed by atoms with Crippen molar-refractivity contribution < 1.29 is 17.9 Å². The fraction of sp³-hybridized carbons (Fsp3) is 0.273. The molecule has 1 N–H and O–H groups in total. The molecule has 0 unspecified atom stereocenters. The predicted octanol–water partition coefficient (Wildman–Crippen LogP) is 2.36. The van der Waals surface area contributed by atoms with Crippen LogP contribution in [0.3, 0.4) is 0 Å². The van der Waals surface area contributed by atoms with E-state index >= 15 is 0 Å². The van der Waals surface area contributed by atoms with Gasteiger partial charge in [-0.25, -0.2) is 17.8 Å². The number of nitrogens with zero attached hydrogens (tertiary/aromatic N) is 2. The predicted molar refractivity (Wildman–Crippen MR) is 116 cm³/mol. The van der Waals surface area contributed by atoms with Gasteiger partial charge in [0.05, 0.1) is 10.6 Å². The molecule has 0 fully saturated rings. The van der Waals surface area contributed by atoms with Crippen LogP contribution in [0.1, 0.15) is 12.0 Å². The fourth-order valence-electron chi connectivity index (χ4n) is 3.20. The van der Waals surface area contributed by atoms with Crippen molar-refractivity contribution in [3.63, 3.8) is 0 Å². The molecule has 8 nitrogen and oxygen atoms in total. The normalized spacial score (nSPS) is 13.2. The van der Waals surface area contributed by atoms with Crippen LogP contribution in [-0.4, -0.2) is 38.0 Å². The molecule has 0 saturated carbocycles. The first-order chi connectivity index (χ1) is 14.9. The number of rotatable bonds is 7. The number of aryl methyl sites for hydroxylation is 2. The molecule has 2 heterocycles. The van der Waals surface area contributed by atoms with Crippen LogP contribution in [0, 0.1) is 6.92 Å². The summed E-state index contributed by atoms with van der Waals surface area (Å²) in [6, 6.07) is 15.6. The molecule has 162 valence electrons. The summed E-state index contributed by atoms with van der Waals surface area (Å²) in [4.78, 5) is 12.2. The third kappa shape index (κ3) is 4.95. The van der Waals surface area contributed by atoms with Gasteiger partial charge in [-0.15, -0.1) is 0 Å². The van der Waals surface area contributed by atoms with Crippen molar-refractivity contribution in [2.75, 3.05) is 19.8 Å². The van der Waals surface area contributed by atoms with Crippen LogP contribution >= 0.6 is 0 Å². The molecular formula is C22H23N3O5S. The highest BCUT2D eigenvalue weighted by atomic mass is 32.2. The minimum Gasteiger partial charge on any atom is -0.486 e. The molecule has 2 aromatic carbocycles. The van der Waals surface area contributed by atoms with Crippen LogP contribution in [-0.2, 0) is 16.6 Å². The van der Waals surface area contributed by atoms with Crippen molar-refractivity contribution in [2.45, 2.75) is 24.8 Å². The highest BCUT2D eigenvalue weighted by Crippen LogP contribution is 2.32. The van der Waals surface area contributed by atoms with Crippen LogP contribution in [0.15, 0.2) is 64.3 Å². The number of aromatic nitrogens is 2. The topological polar surface area (TPSA) is 99.5 Å². The molecule has 4 rings (SSSR count). The van der Waals surface area contributed by atoms with Crippen LogP contribution in [0.4, 0.5) is 0 Å². The van der Waals surface area contributed by atoms with Crippen LogP contribution in [0.2, 0.25) is 0 Å². The summed E-state index contributed by atoms with van der Waals surface area (Å²) in [5.74, 6) is 0.946. The van der Waals surface area contributed by atoms with E-state index in [1.54, 1.807) is 12.1 Å². The van der Waals surface area contributed by atoms with Crippen molar-refractivity contribution in [1.82, 2.24) is 14.5 Å². The summed E-state index contributed by atoms with van der Waals surface area (Å²) >= 11 is 0. The Morgan fingerprint density at radius 3 is 2.52 bits per heavy atom. The third-order valence-electron chi connectivity index (χ3n) is 4.88. The number of hydrogen-bond donors (Lipinski definition) is 1. The third-order valence-corrected chi connectivity index (χ3v) is 6.34. The Kier molecular flexibility index (Phi) is 6.06. The lowest BCUT2D eigenvalue weighted by Crippen LogP contribution is -2.28. The summed E-state index contributed by atoms with van der Waals surface area (Å²) < 4.78 is 39.9. The van der Waals surface area contributed by atoms with E-state index in [1.165, 1.54) is 22.9 Å². The number of benzene rings is 2. The zero-order valence-corrected chi connectivity index (χ0v) is 17.9. The fourth-order valence-corrected chi connectivity index (χ4v) is 4.29. The first-order valence-corrected chi connectivity index (χ1v) is 11.5. The molecular weight excluding hydrogens is 418 g/mol. The van der Waals surface area contributed by atoms with E-state index in [0.717, 1.165) is 11.1 Å². The molecule has 0 atom stereocenters. The van der Waals surface area contributed by atoms with Crippen molar-refractivity contribution in [3.8, 4) is 22.8 Å². The van der Waals surface area contributed by atoms with Gasteiger partial charge in [-0.2, -0.15) is 5.10 Å². The van der Waals surface area contributed by atoms with Gasteiger partial charge < -0.3 is 9.47 Å². The minimum absolute atomic E-state index is 0.105. The Morgan fingerprint density at radius 2 is 1.74 bits per heavy atom. The molecule has 1 aromatic heterocycles. The van der Waals surface area contributed by atoms with Gasteiger partial charge in [0.2, 0.25) is 10.0 Å². The lowest BCUT2D eigenvalue weighted by atomic mass is 10.1. The van der Waals surface area contributed by atoms with E-state index in [4.69, 9.17) is 9.47 Å². The monoisotopic (exact) mass is 441 g/mol. The molecule has 31 heavy (non-hydrogen) atoms. The molecule has 1 aliphatic rings. The molecule has 0 amide bonds. The molecule has 9 heteroatoms. The Bertz CT molecular complexity index is 1240. The second-order valence-electron chi connectivity index (χ2n) is 7.20. The van der Waals surface area contributed by atoms with Crippen LogP contribution < -0.4 is 19.8 Å². The van der Waals surface area contributed by atoms with Gasteiger partial charge in [0.15, 0.2) is 11.5 Å². The highest BCUT2D eigenvalue weighted by Gasteiger charge is 2.19. The minimum atomic E-state index is -3.71. The second kappa shape index (κ2) is 8.91. The molecule has 0 radical (unpaired) electrons. The average Bonchev–Trinajstić information content (AvgIpc) is 2.78. The van der Waals surface area contributed by atoms with Gasteiger partial charge in [-0.1, -0.05) is 29.8 Å².